The number of carbonyl (C=O) groups excluding carboxylic acids is 1. The second-order valence-electron chi connectivity index (χ2n) is 3.48. The fraction of sp³-hybridized carbons (Fsp3) is 0.909. The Labute approximate surface area is 97.3 Å². The van der Waals surface area contributed by atoms with Gasteiger partial charge in [0.05, 0.1) is 13.5 Å². The Hall–Kier alpha value is -0.220. The van der Waals surface area contributed by atoms with Crippen LogP contribution in [0.4, 0.5) is 0 Å². The van der Waals surface area contributed by atoms with Gasteiger partial charge >= 0.3 is 5.97 Å². The van der Waals surface area contributed by atoms with Crippen LogP contribution in [0.3, 0.4) is 0 Å². The highest BCUT2D eigenvalue weighted by Gasteiger charge is 1.97. The largest absolute Gasteiger partial charge is 0.469 e. The van der Waals surface area contributed by atoms with Crippen LogP contribution in [0.5, 0.6) is 0 Å². The minimum absolute atomic E-state index is 0.137. The van der Waals surface area contributed by atoms with Gasteiger partial charge in [0.15, 0.2) is 0 Å². The Morgan fingerprint density at radius 2 is 1.93 bits per heavy atom. The number of carbonyl (C=O) groups is 1. The fourth-order valence-electron chi connectivity index (χ4n) is 1.27. The Morgan fingerprint density at radius 3 is 2.60 bits per heavy atom. The van der Waals surface area contributed by atoms with E-state index in [1.807, 2.05) is 11.8 Å². The van der Waals surface area contributed by atoms with Gasteiger partial charge in [0.2, 0.25) is 0 Å². The molecule has 0 radical (unpaired) electrons. The summed E-state index contributed by atoms with van der Waals surface area (Å²) in [5.41, 5.74) is 0. The highest BCUT2D eigenvalue weighted by molar-refractivity contribution is 7.98. The molecule has 0 aromatic carbocycles. The monoisotopic (exact) mass is 233 g/mol. The number of rotatable bonds is 10. The van der Waals surface area contributed by atoms with E-state index in [1.165, 1.54) is 38.5 Å². The molecule has 0 atom stereocenters. The van der Waals surface area contributed by atoms with Crippen LogP contribution >= 0.6 is 11.8 Å². The van der Waals surface area contributed by atoms with Crippen molar-refractivity contribution in [2.45, 2.75) is 32.1 Å². The zero-order valence-electron chi connectivity index (χ0n) is 9.88. The van der Waals surface area contributed by atoms with E-state index in [0.29, 0.717) is 6.42 Å². The average Bonchev–Trinajstić information content (AvgIpc) is 2.26. The van der Waals surface area contributed by atoms with Crippen LogP contribution in [0.25, 0.3) is 0 Å². The van der Waals surface area contributed by atoms with Crippen molar-refractivity contribution in [2.75, 3.05) is 32.2 Å². The molecule has 1 N–H and O–H groups in total. The first-order chi connectivity index (χ1) is 7.31. The molecule has 0 aromatic heterocycles. The molecule has 0 aliphatic heterocycles. The minimum atomic E-state index is -0.137. The van der Waals surface area contributed by atoms with E-state index < -0.39 is 0 Å². The van der Waals surface area contributed by atoms with Crippen LogP contribution in [-0.4, -0.2) is 38.2 Å². The van der Waals surface area contributed by atoms with Gasteiger partial charge in [-0.15, -0.1) is 0 Å². The quantitative estimate of drug-likeness (QED) is 0.463. The van der Waals surface area contributed by atoms with Crippen LogP contribution in [0.1, 0.15) is 32.1 Å². The van der Waals surface area contributed by atoms with E-state index in [1.54, 1.807) is 0 Å². The van der Waals surface area contributed by atoms with Gasteiger partial charge in [-0.25, -0.2) is 0 Å². The molecule has 0 fully saturated rings. The number of esters is 1. The first kappa shape index (κ1) is 14.8. The number of hydrogen-bond acceptors (Lipinski definition) is 4. The zero-order valence-corrected chi connectivity index (χ0v) is 10.7. The molecule has 90 valence electrons. The second kappa shape index (κ2) is 11.9. The summed E-state index contributed by atoms with van der Waals surface area (Å²) in [5, 5.41) is 3.24. The molecule has 0 unspecified atom stereocenters. The number of hydrogen-bond donors (Lipinski definition) is 1. The van der Waals surface area contributed by atoms with Crippen molar-refractivity contribution in [3.05, 3.63) is 0 Å². The molecule has 0 bridgehead atoms. The molecule has 4 heteroatoms. The highest BCUT2D eigenvalue weighted by Crippen LogP contribution is 2.03. The third-order valence-corrected chi connectivity index (χ3v) is 2.88. The fourth-order valence-corrected chi connectivity index (χ4v) is 1.76. The SMILES string of the molecule is COC(=O)CCNCCCCCCSC. The number of unbranched alkanes of at least 4 members (excludes halogenated alkanes) is 3. The third kappa shape index (κ3) is 11.7. The molecule has 15 heavy (non-hydrogen) atoms. The highest BCUT2D eigenvalue weighted by atomic mass is 32.2. The summed E-state index contributed by atoms with van der Waals surface area (Å²) in [4.78, 5) is 10.8. The molecule has 0 saturated carbocycles. The summed E-state index contributed by atoms with van der Waals surface area (Å²) in [5.74, 6) is 1.14. The molecule has 0 aromatic rings. The van der Waals surface area contributed by atoms with Crippen LogP contribution in [0.15, 0.2) is 0 Å². The lowest BCUT2D eigenvalue weighted by atomic mass is 10.2. The maximum atomic E-state index is 10.8. The summed E-state index contributed by atoms with van der Waals surface area (Å²) < 4.78 is 4.54. The topological polar surface area (TPSA) is 38.3 Å². The number of thioether (sulfide) groups is 1. The van der Waals surface area contributed by atoms with Gasteiger partial charge in [0.25, 0.3) is 0 Å². The van der Waals surface area contributed by atoms with E-state index in [4.69, 9.17) is 0 Å². The van der Waals surface area contributed by atoms with Crippen molar-refractivity contribution in [2.24, 2.45) is 0 Å². The first-order valence-corrected chi connectivity index (χ1v) is 6.97. The molecular formula is C11H23NO2S. The normalized spacial score (nSPS) is 10.3. The molecule has 3 nitrogen and oxygen atoms in total. The van der Waals surface area contributed by atoms with Crippen molar-refractivity contribution in [1.82, 2.24) is 5.32 Å². The van der Waals surface area contributed by atoms with E-state index in [0.717, 1.165) is 13.1 Å². The summed E-state index contributed by atoms with van der Waals surface area (Å²) in [6, 6.07) is 0. The predicted octanol–water partition coefficient (Wildman–Crippen LogP) is 2.06. The number of nitrogens with one attached hydrogen (secondary N) is 1. The maximum Gasteiger partial charge on any atom is 0.306 e. The van der Waals surface area contributed by atoms with E-state index >= 15 is 0 Å². The molecular weight excluding hydrogens is 210 g/mol. The lowest BCUT2D eigenvalue weighted by molar-refractivity contribution is -0.140. The van der Waals surface area contributed by atoms with Crippen molar-refractivity contribution < 1.29 is 9.53 Å². The summed E-state index contributed by atoms with van der Waals surface area (Å²) >= 11 is 1.91. The van der Waals surface area contributed by atoms with Crippen LogP contribution in [0, 0.1) is 0 Å². The summed E-state index contributed by atoms with van der Waals surface area (Å²) in [6.07, 6.45) is 7.75. The van der Waals surface area contributed by atoms with Crippen LogP contribution in [0.2, 0.25) is 0 Å². The first-order valence-electron chi connectivity index (χ1n) is 5.57. The number of ether oxygens (including phenoxy) is 1. The van der Waals surface area contributed by atoms with Gasteiger partial charge in [-0.05, 0) is 31.4 Å². The second-order valence-corrected chi connectivity index (χ2v) is 4.47. The Bertz CT molecular complexity index is 154. The molecule has 0 heterocycles. The average molecular weight is 233 g/mol. The van der Waals surface area contributed by atoms with Crippen LogP contribution < -0.4 is 5.32 Å². The van der Waals surface area contributed by atoms with Crippen molar-refractivity contribution in [1.29, 1.82) is 0 Å². The summed E-state index contributed by atoms with van der Waals surface area (Å²) in [6.45, 7) is 1.74. The van der Waals surface area contributed by atoms with Crippen molar-refractivity contribution in [3.63, 3.8) is 0 Å². The van der Waals surface area contributed by atoms with E-state index in [-0.39, 0.29) is 5.97 Å². The van der Waals surface area contributed by atoms with Gasteiger partial charge in [-0.2, -0.15) is 11.8 Å². The van der Waals surface area contributed by atoms with Crippen LogP contribution in [-0.2, 0) is 9.53 Å². The van der Waals surface area contributed by atoms with E-state index in [2.05, 4.69) is 16.3 Å². The van der Waals surface area contributed by atoms with E-state index in [9.17, 15) is 4.79 Å². The van der Waals surface area contributed by atoms with Gasteiger partial charge in [0.1, 0.15) is 0 Å². The Morgan fingerprint density at radius 1 is 1.20 bits per heavy atom. The predicted molar refractivity (Wildman–Crippen MR) is 66.4 cm³/mol. The smallest absolute Gasteiger partial charge is 0.306 e. The molecule has 0 aliphatic carbocycles. The molecule has 0 aliphatic rings. The standard InChI is InChI=1S/C11H23NO2S/c1-14-11(13)7-9-12-8-5-3-4-6-10-15-2/h12H,3-10H2,1-2H3. The van der Waals surface area contributed by atoms with Gasteiger partial charge in [-0.3, -0.25) is 4.79 Å². The van der Waals surface area contributed by atoms with Crippen molar-refractivity contribution >= 4 is 17.7 Å². The Kier molecular flexibility index (Phi) is 11.7. The molecule has 0 amide bonds. The van der Waals surface area contributed by atoms with Gasteiger partial charge < -0.3 is 10.1 Å². The molecule has 0 rings (SSSR count). The third-order valence-electron chi connectivity index (χ3n) is 2.19. The zero-order chi connectivity index (χ0) is 11.4. The van der Waals surface area contributed by atoms with Gasteiger partial charge in [0, 0.05) is 6.54 Å². The molecule has 0 spiro atoms. The maximum absolute atomic E-state index is 10.8. The molecule has 0 saturated heterocycles. The minimum Gasteiger partial charge on any atom is -0.469 e. The number of methoxy groups -OCH3 is 1. The Balaban J connectivity index is 2.95. The lowest BCUT2D eigenvalue weighted by Crippen LogP contribution is -2.19. The van der Waals surface area contributed by atoms with Gasteiger partial charge in [-0.1, -0.05) is 12.8 Å². The summed E-state index contributed by atoms with van der Waals surface area (Å²) in [7, 11) is 1.42. The lowest BCUT2D eigenvalue weighted by Gasteiger charge is -2.03. The van der Waals surface area contributed by atoms with Crippen molar-refractivity contribution in [3.8, 4) is 0 Å².